The monoisotopic (exact) mass is 877 g/mol. The summed E-state index contributed by atoms with van der Waals surface area (Å²) in [5.74, 6) is 1.31. The summed E-state index contributed by atoms with van der Waals surface area (Å²) in [7, 11) is 0.252. The predicted molar refractivity (Wildman–Crippen MR) is 211 cm³/mol. The number of pyridine rings is 3. The molecule has 1 radical (unpaired) electrons. The number of hydrogen-bond acceptors (Lipinski definition) is 5. The SMILES string of the molecule is CC(C)c1ccc2c(n1)oc1c(-c3nc4ccnc(C(C)C)c4n3C)[c-]ccc12.[2H]C([2H])([2H])c1c[c-]c(-c2cc(C([2H])([2H])C(C)C)c([Si](C)(C)C)cn2)cc1.[Ir]. The number of rotatable bonds is 7. The molecule has 0 bridgehead atoms. The number of benzene rings is 2. The van der Waals surface area contributed by atoms with Crippen LogP contribution in [0.4, 0.5) is 0 Å². The third-order valence-corrected chi connectivity index (χ3v) is 10.8. The molecule has 0 N–H and O–H groups in total. The fourth-order valence-corrected chi connectivity index (χ4v) is 7.58. The average Bonchev–Trinajstić information content (AvgIpc) is 3.67. The molecule has 0 saturated heterocycles. The summed E-state index contributed by atoms with van der Waals surface area (Å²) in [5.41, 5.74) is 8.54. The summed E-state index contributed by atoms with van der Waals surface area (Å²) in [5, 5.41) is 3.06. The van der Waals surface area contributed by atoms with Crippen molar-refractivity contribution in [1.29, 1.82) is 0 Å². The second kappa shape index (κ2) is 15.3. The van der Waals surface area contributed by atoms with Crippen LogP contribution in [0.25, 0.3) is 55.7 Å². The second-order valence-electron chi connectivity index (χ2n) is 14.8. The quantitative estimate of drug-likeness (QED) is 0.118. The van der Waals surface area contributed by atoms with E-state index in [4.69, 9.17) is 21.2 Å². The van der Waals surface area contributed by atoms with E-state index in [1.807, 2.05) is 51.4 Å². The van der Waals surface area contributed by atoms with E-state index in [1.165, 1.54) is 6.07 Å². The fourth-order valence-electron chi connectivity index (χ4n) is 6.17. The maximum atomic E-state index is 8.59. The average molecular weight is 877 g/mol. The molecule has 8 heteroatoms. The van der Waals surface area contributed by atoms with E-state index in [9.17, 15) is 0 Å². The number of fused-ring (bicyclic) bond motifs is 4. The van der Waals surface area contributed by atoms with Gasteiger partial charge < -0.3 is 14.0 Å². The van der Waals surface area contributed by atoms with Gasteiger partial charge in [-0.25, -0.2) is 4.98 Å². The van der Waals surface area contributed by atoms with Crippen LogP contribution in [0.2, 0.25) is 19.6 Å². The van der Waals surface area contributed by atoms with Crippen LogP contribution in [0.3, 0.4) is 0 Å². The number of furan rings is 1. The first-order chi connectivity index (χ1) is 25.7. The van der Waals surface area contributed by atoms with Crippen LogP contribution in [-0.4, -0.2) is 32.6 Å². The van der Waals surface area contributed by atoms with Crippen molar-refractivity contribution in [2.75, 3.05) is 0 Å². The standard InChI is InChI=1S/C24H23N4O.C19H26NSi.Ir/c1-13(2)18-10-9-16-15-7-6-8-17(22(15)29-24(16)27-18)23-26-19-11-12-25-20(14(3)4)21(19)28(23)5;1-14(2)11-17-12-18(16-9-7-15(3)8-10-16)20-13-19(17)21(4,5)6;/h6-7,9-14H,1-5H3;7-9,12-14H,11H2,1-6H3;/q2*-1;/i;3D3,11D2;. The Balaban J connectivity index is 0.000000212. The Morgan fingerprint density at radius 2 is 1.71 bits per heavy atom. The number of nitrogens with zero attached hydrogens (tertiary/aromatic N) is 5. The molecule has 267 valence electrons. The van der Waals surface area contributed by atoms with E-state index < -0.39 is 21.3 Å². The zero-order valence-electron chi connectivity index (χ0n) is 36.1. The molecule has 0 atom stereocenters. The minimum atomic E-state index is -2.16. The van der Waals surface area contributed by atoms with Gasteiger partial charge in [0.2, 0.25) is 5.71 Å². The van der Waals surface area contributed by atoms with Crippen LogP contribution in [0.5, 0.6) is 0 Å². The fraction of sp³-hybridized carbons (Fsp3) is 0.349. The molecule has 0 amide bonds. The summed E-state index contributed by atoms with van der Waals surface area (Å²) in [6, 6.07) is 23.0. The summed E-state index contributed by atoms with van der Waals surface area (Å²) >= 11 is 0. The zero-order valence-corrected chi connectivity index (χ0v) is 34.5. The molecule has 7 rings (SSSR count). The maximum Gasteiger partial charge on any atom is 0.216 e. The Kier molecular flexibility index (Phi) is 9.54. The first-order valence-electron chi connectivity index (χ1n) is 19.8. The molecular formula is C43H49IrN5OSi-2. The second-order valence-corrected chi connectivity index (χ2v) is 19.8. The molecule has 6 nitrogen and oxygen atoms in total. The smallest absolute Gasteiger partial charge is 0.216 e. The normalized spacial score (nSPS) is 13.9. The van der Waals surface area contributed by atoms with Gasteiger partial charge in [-0.05, 0) is 53.2 Å². The van der Waals surface area contributed by atoms with Gasteiger partial charge in [-0.3, -0.25) is 9.97 Å². The number of hydrogen-bond donors (Lipinski definition) is 0. The van der Waals surface area contributed by atoms with Crippen molar-refractivity contribution >= 4 is 46.4 Å². The van der Waals surface area contributed by atoms with Crippen molar-refractivity contribution in [3.63, 3.8) is 0 Å². The molecule has 7 aromatic rings. The van der Waals surface area contributed by atoms with E-state index in [-0.39, 0.29) is 31.6 Å². The van der Waals surface area contributed by atoms with Crippen LogP contribution in [0.15, 0.2) is 71.4 Å². The number of aromatic nitrogens is 5. The van der Waals surface area contributed by atoms with Gasteiger partial charge in [0.05, 0.1) is 36.2 Å². The van der Waals surface area contributed by atoms with Crippen LogP contribution >= 0.6 is 0 Å². The molecule has 0 saturated carbocycles. The van der Waals surface area contributed by atoms with Crippen molar-refractivity contribution in [1.82, 2.24) is 24.5 Å². The first-order valence-corrected chi connectivity index (χ1v) is 20.8. The van der Waals surface area contributed by atoms with Gasteiger partial charge in [-0.1, -0.05) is 90.6 Å². The van der Waals surface area contributed by atoms with Crippen LogP contribution < -0.4 is 5.19 Å². The van der Waals surface area contributed by atoms with Gasteiger partial charge in [0.25, 0.3) is 0 Å². The van der Waals surface area contributed by atoms with Gasteiger partial charge in [0, 0.05) is 57.5 Å². The van der Waals surface area contributed by atoms with Gasteiger partial charge in [-0.2, -0.15) is 0 Å². The summed E-state index contributed by atoms with van der Waals surface area (Å²) in [4.78, 5) is 18.8. The molecule has 0 aliphatic heterocycles. The van der Waals surface area contributed by atoms with Gasteiger partial charge in [0.15, 0.2) is 0 Å². The molecule has 5 aromatic heterocycles. The molecular weight excluding hydrogens is 823 g/mol. The Morgan fingerprint density at radius 3 is 2.35 bits per heavy atom. The molecule has 0 aliphatic rings. The molecule has 0 unspecified atom stereocenters. The van der Waals surface area contributed by atoms with E-state index in [0.29, 0.717) is 34.4 Å². The van der Waals surface area contributed by atoms with E-state index >= 15 is 0 Å². The van der Waals surface area contributed by atoms with Crippen LogP contribution in [0.1, 0.15) is 82.7 Å². The zero-order chi connectivity index (χ0) is 40.2. The Hall–Kier alpha value is -3.97. The molecule has 2 aromatic carbocycles. The van der Waals surface area contributed by atoms with E-state index in [1.54, 1.807) is 18.3 Å². The number of aryl methyl sites for hydroxylation is 2. The van der Waals surface area contributed by atoms with Gasteiger partial charge in [0.1, 0.15) is 0 Å². The molecule has 0 aliphatic carbocycles. The van der Waals surface area contributed by atoms with E-state index in [0.717, 1.165) is 55.4 Å². The minimum Gasteiger partial charge on any atom is -0.486 e. The van der Waals surface area contributed by atoms with Crippen LogP contribution in [-0.2, 0) is 33.5 Å². The molecule has 0 spiro atoms. The minimum absolute atomic E-state index is 0. The maximum absolute atomic E-state index is 8.59. The molecule has 0 fully saturated rings. The van der Waals surface area contributed by atoms with Crippen molar-refractivity contribution in [3.05, 3.63) is 102 Å². The van der Waals surface area contributed by atoms with Crippen LogP contribution in [0, 0.1) is 24.9 Å². The van der Waals surface area contributed by atoms with E-state index in [2.05, 4.69) is 86.1 Å². The third kappa shape index (κ3) is 7.94. The first kappa shape index (κ1) is 31.7. The number of imidazole rings is 1. The van der Waals surface area contributed by atoms with Gasteiger partial charge in [-0.15, -0.1) is 53.6 Å². The Bertz CT molecular complexity index is 2500. The predicted octanol–water partition coefficient (Wildman–Crippen LogP) is 10.6. The topological polar surface area (TPSA) is 69.6 Å². The summed E-state index contributed by atoms with van der Waals surface area (Å²) in [6.07, 6.45) is 2.16. The third-order valence-electron chi connectivity index (χ3n) is 8.74. The van der Waals surface area contributed by atoms with Crippen molar-refractivity contribution in [2.24, 2.45) is 13.0 Å². The van der Waals surface area contributed by atoms with Crippen molar-refractivity contribution in [3.8, 4) is 22.6 Å². The summed E-state index contributed by atoms with van der Waals surface area (Å²) < 4.78 is 47.9. The van der Waals surface area contributed by atoms with Gasteiger partial charge >= 0.3 is 0 Å². The largest absolute Gasteiger partial charge is 0.486 e. The van der Waals surface area contributed by atoms with Crippen molar-refractivity contribution < 1.29 is 31.4 Å². The summed E-state index contributed by atoms with van der Waals surface area (Å²) in [6.45, 7) is 16.7. The molecule has 5 heterocycles. The van der Waals surface area contributed by atoms with Crippen molar-refractivity contribution in [2.45, 2.75) is 86.2 Å². The Labute approximate surface area is 324 Å². The molecule has 51 heavy (non-hydrogen) atoms. The Morgan fingerprint density at radius 1 is 0.922 bits per heavy atom.